The summed E-state index contributed by atoms with van der Waals surface area (Å²) in [6.45, 7) is 10.4. The number of benzene rings is 1. The molecule has 16 heavy (non-hydrogen) atoms. The molecule has 0 heterocycles. The predicted octanol–water partition coefficient (Wildman–Crippen LogP) is 3.69. The highest BCUT2D eigenvalue weighted by molar-refractivity contribution is 5.89. The Labute approximate surface area is 97.3 Å². The number of carboxylic acid groups (broad SMARTS) is 1. The van der Waals surface area contributed by atoms with Crippen molar-refractivity contribution in [2.45, 2.75) is 46.5 Å². The van der Waals surface area contributed by atoms with E-state index in [1.807, 2.05) is 19.9 Å². The molecule has 0 radical (unpaired) electrons. The molecule has 1 aromatic rings. The summed E-state index contributed by atoms with van der Waals surface area (Å²) in [5.74, 6) is -0.846. The van der Waals surface area contributed by atoms with Gasteiger partial charge < -0.3 is 5.11 Å². The molecule has 0 aliphatic rings. The number of carboxylic acids is 1. The van der Waals surface area contributed by atoms with Crippen LogP contribution in [-0.4, -0.2) is 11.1 Å². The van der Waals surface area contributed by atoms with Gasteiger partial charge in [0.25, 0.3) is 0 Å². The van der Waals surface area contributed by atoms with Crippen LogP contribution >= 0.6 is 0 Å². The van der Waals surface area contributed by atoms with Gasteiger partial charge in [-0.3, -0.25) is 0 Å². The molecule has 0 unspecified atom stereocenters. The van der Waals surface area contributed by atoms with Gasteiger partial charge in [0, 0.05) is 0 Å². The smallest absolute Gasteiger partial charge is 0.335 e. The number of aromatic carboxylic acids is 1. The lowest BCUT2D eigenvalue weighted by atomic mass is 9.78. The van der Waals surface area contributed by atoms with Gasteiger partial charge in [-0.25, -0.2) is 4.79 Å². The topological polar surface area (TPSA) is 37.3 Å². The average Bonchev–Trinajstić information content (AvgIpc) is 2.21. The Bertz CT molecular complexity index is 417. The van der Waals surface area contributed by atoms with Crippen molar-refractivity contribution in [1.82, 2.24) is 0 Å². The van der Waals surface area contributed by atoms with Gasteiger partial charge in [-0.2, -0.15) is 0 Å². The molecule has 0 fully saturated rings. The third-order valence-corrected chi connectivity index (χ3v) is 3.63. The molecule has 0 spiro atoms. The van der Waals surface area contributed by atoms with Crippen LogP contribution in [0.25, 0.3) is 0 Å². The van der Waals surface area contributed by atoms with Crippen molar-refractivity contribution in [2.75, 3.05) is 0 Å². The highest BCUT2D eigenvalue weighted by atomic mass is 16.4. The lowest BCUT2D eigenvalue weighted by Crippen LogP contribution is -2.18. The maximum atomic E-state index is 11.0. The van der Waals surface area contributed by atoms with Crippen molar-refractivity contribution < 1.29 is 9.90 Å². The number of hydrogen-bond donors (Lipinski definition) is 1. The van der Waals surface area contributed by atoms with Gasteiger partial charge in [0.1, 0.15) is 0 Å². The Morgan fingerprint density at radius 1 is 1.25 bits per heavy atom. The van der Waals surface area contributed by atoms with Crippen molar-refractivity contribution in [3.05, 3.63) is 34.4 Å². The van der Waals surface area contributed by atoms with Gasteiger partial charge >= 0.3 is 5.97 Å². The van der Waals surface area contributed by atoms with Crippen LogP contribution in [0.1, 0.15) is 54.2 Å². The molecule has 0 aromatic heterocycles. The van der Waals surface area contributed by atoms with Crippen LogP contribution in [0.3, 0.4) is 0 Å². The van der Waals surface area contributed by atoms with E-state index in [0.717, 1.165) is 17.5 Å². The molecule has 2 nitrogen and oxygen atoms in total. The highest BCUT2D eigenvalue weighted by Crippen LogP contribution is 2.31. The Morgan fingerprint density at radius 3 is 2.25 bits per heavy atom. The van der Waals surface area contributed by atoms with E-state index >= 15 is 0 Å². The Balaban J connectivity index is 3.38. The first-order valence-electron chi connectivity index (χ1n) is 5.65. The molecule has 0 amide bonds. The van der Waals surface area contributed by atoms with Crippen molar-refractivity contribution in [2.24, 2.45) is 0 Å². The van der Waals surface area contributed by atoms with Crippen molar-refractivity contribution in [1.29, 1.82) is 0 Å². The second kappa shape index (κ2) is 4.28. The molecule has 1 N–H and O–H groups in total. The quantitative estimate of drug-likeness (QED) is 0.843. The van der Waals surface area contributed by atoms with Crippen molar-refractivity contribution in [3.63, 3.8) is 0 Å². The first kappa shape index (κ1) is 12.8. The molecular formula is C14H20O2. The van der Waals surface area contributed by atoms with Crippen LogP contribution in [0, 0.1) is 13.8 Å². The zero-order valence-electron chi connectivity index (χ0n) is 10.7. The predicted molar refractivity (Wildman–Crippen MR) is 66.2 cm³/mol. The number of hydrogen-bond acceptors (Lipinski definition) is 1. The summed E-state index contributed by atoms with van der Waals surface area (Å²) < 4.78 is 0. The molecule has 1 rings (SSSR count). The number of rotatable bonds is 3. The second-order valence-corrected chi connectivity index (χ2v) is 4.95. The maximum Gasteiger partial charge on any atom is 0.335 e. The standard InChI is InChI=1S/C14H20O2/c1-6-14(4,5)12-8-7-11(13(15)16)9(2)10(12)3/h7-8H,6H2,1-5H3,(H,15,16). The minimum absolute atomic E-state index is 0.103. The highest BCUT2D eigenvalue weighted by Gasteiger charge is 2.22. The van der Waals surface area contributed by atoms with E-state index in [2.05, 4.69) is 20.8 Å². The Hall–Kier alpha value is -1.31. The molecule has 0 saturated carbocycles. The molecular weight excluding hydrogens is 200 g/mol. The monoisotopic (exact) mass is 220 g/mol. The van der Waals surface area contributed by atoms with E-state index in [-0.39, 0.29) is 5.41 Å². The van der Waals surface area contributed by atoms with Crippen LogP contribution < -0.4 is 0 Å². The fraction of sp³-hybridized carbons (Fsp3) is 0.500. The van der Waals surface area contributed by atoms with Gasteiger partial charge in [-0.1, -0.05) is 26.8 Å². The molecule has 0 bridgehead atoms. The SMILES string of the molecule is CCC(C)(C)c1ccc(C(=O)O)c(C)c1C. The van der Waals surface area contributed by atoms with Crippen LogP contribution in [0.4, 0.5) is 0 Å². The van der Waals surface area contributed by atoms with Crippen LogP contribution in [0.2, 0.25) is 0 Å². The Morgan fingerprint density at radius 2 is 1.81 bits per heavy atom. The first-order chi connectivity index (χ1) is 7.31. The van der Waals surface area contributed by atoms with E-state index in [4.69, 9.17) is 5.11 Å². The number of carbonyl (C=O) groups is 1. The van der Waals surface area contributed by atoms with Gasteiger partial charge in [0.05, 0.1) is 5.56 Å². The van der Waals surface area contributed by atoms with Gasteiger partial charge in [-0.15, -0.1) is 0 Å². The summed E-state index contributed by atoms with van der Waals surface area (Å²) in [6, 6.07) is 3.67. The zero-order chi connectivity index (χ0) is 12.5. The van der Waals surface area contributed by atoms with Crippen LogP contribution in [0.15, 0.2) is 12.1 Å². The lowest BCUT2D eigenvalue weighted by molar-refractivity contribution is 0.0696. The van der Waals surface area contributed by atoms with Crippen molar-refractivity contribution in [3.8, 4) is 0 Å². The van der Waals surface area contributed by atoms with E-state index in [1.54, 1.807) is 6.07 Å². The first-order valence-corrected chi connectivity index (χ1v) is 5.65. The summed E-state index contributed by atoms with van der Waals surface area (Å²) in [7, 11) is 0. The van der Waals surface area contributed by atoms with Gasteiger partial charge in [0.15, 0.2) is 0 Å². The van der Waals surface area contributed by atoms with E-state index < -0.39 is 5.97 Å². The Kier molecular flexibility index (Phi) is 3.41. The van der Waals surface area contributed by atoms with E-state index in [1.165, 1.54) is 5.56 Å². The minimum atomic E-state index is -0.846. The zero-order valence-corrected chi connectivity index (χ0v) is 10.7. The molecule has 0 atom stereocenters. The molecule has 1 aromatic carbocycles. The largest absolute Gasteiger partial charge is 0.478 e. The van der Waals surface area contributed by atoms with E-state index in [9.17, 15) is 4.79 Å². The average molecular weight is 220 g/mol. The summed E-state index contributed by atoms with van der Waals surface area (Å²) >= 11 is 0. The lowest BCUT2D eigenvalue weighted by Gasteiger charge is -2.26. The fourth-order valence-electron chi connectivity index (χ4n) is 1.98. The summed E-state index contributed by atoms with van der Waals surface area (Å²) in [6.07, 6.45) is 1.04. The summed E-state index contributed by atoms with van der Waals surface area (Å²) in [5, 5.41) is 9.04. The van der Waals surface area contributed by atoms with Crippen LogP contribution in [-0.2, 0) is 5.41 Å². The van der Waals surface area contributed by atoms with Crippen LogP contribution in [0.5, 0.6) is 0 Å². The minimum Gasteiger partial charge on any atom is -0.478 e. The van der Waals surface area contributed by atoms with E-state index in [0.29, 0.717) is 5.56 Å². The molecule has 0 saturated heterocycles. The van der Waals surface area contributed by atoms with Crippen molar-refractivity contribution >= 4 is 5.97 Å². The molecule has 0 aliphatic heterocycles. The second-order valence-electron chi connectivity index (χ2n) is 4.95. The normalized spacial score (nSPS) is 11.6. The maximum absolute atomic E-state index is 11.0. The summed E-state index contributed by atoms with van der Waals surface area (Å²) in [5.41, 5.74) is 3.75. The van der Waals surface area contributed by atoms with Gasteiger partial charge in [0.2, 0.25) is 0 Å². The molecule has 0 aliphatic carbocycles. The molecule has 2 heteroatoms. The summed E-state index contributed by atoms with van der Waals surface area (Å²) in [4.78, 5) is 11.0. The third-order valence-electron chi connectivity index (χ3n) is 3.63. The molecule has 88 valence electrons. The fourth-order valence-corrected chi connectivity index (χ4v) is 1.98. The van der Waals surface area contributed by atoms with Gasteiger partial charge in [-0.05, 0) is 48.4 Å². The third kappa shape index (κ3) is 2.11.